The first-order chi connectivity index (χ1) is 17.1. The Labute approximate surface area is 210 Å². The van der Waals surface area contributed by atoms with E-state index in [1.807, 2.05) is 48.5 Å². The number of methoxy groups -OCH3 is 2. The molecule has 2 heterocycles. The number of rotatable bonds is 9. The largest absolute Gasteiger partial charge is 0.497 e. The number of hydrogen-bond acceptors (Lipinski definition) is 5. The van der Waals surface area contributed by atoms with Gasteiger partial charge in [0.1, 0.15) is 11.5 Å². The SMILES string of the molecule is COc1ccc(C(NC(=O)CN2CCC(CN3CCCCCC3)CC2)c2ccc(OC)cc2)cc1. The molecule has 190 valence electrons. The molecule has 2 aromatic rings. The second kappa shape index (κ2) is 12.9. The molecule has 0 saturated carbocycles. The number of likely N-dealkylation sites (tertiary alicyclic amines) is 2. The Hall–Kier alpha value is -2.57. The van der Waals surface area contributed by atoms with Gasteiger partial charge in [-0.25, -0.2) is 0 Å². The summed E-state index contributed by atoms with van der Waals surface area (Å²) in [6, 6.07) is 15.6. The van der Waals surface area contributed by atoms with Crippen molar-refractivity contribution in [3.63, 3.8) is 0 Å². The molecule has 2 fully saturated rings. The molecule has 4 rings (SSSR count). The van der Waals surface area contributed by atoms with E-state index < -0.39 is 0 Å². The summed E-state index contributed by atoms with van der Waals surface area (Å²) in [7, 11) is 3.32. The molecular weight excluding hydrogens is 438 g/mol. The van der Waals surface area contributed by atoms with Crippen LogP contribution < -0.4 is 14.8 Å². The zero-order valence-corrected chi connectivity index (χ0v) is 21.4. The summed E-state index contributed by atoms with van der Waals surface area (Å²) in [5.74, 6) is 2.43. The van der Waals surface area contributed by atoms with Gasteiger partial charge in [-0.15, -0.1) is 0 Å². The van der Waals surface area contributed by atoms with Crippen molar-refractivity contribution >= 4 is 5.91 Å². The maximum absolute atomic E-state index is 13.1. The van der Waals surface area contributed by atoms with Crippen LogP contribution in [-0.4, -0.2) is 69.2 Å². The molecule has 2 saturated heterocycles. The van der Waals surface area contributed by atoms with Gasteiger partial charge in [0.15, 0.2) is 0 Å². The van der Waals surface area contributed by atoms with Gasteiger partial charge in [0.25, 0.3) is 0 Å². The van der Waals surface area contributed by atoms with Crippen molar-refractivity contribution in [3.8, 4) is 11.5 Å². The molecule has 0 spiro atoms. The lowest BCUT2D eigenvalue weighted by Crippen LogP contribution is -2.44. The topological polar surface area (TPSA) is 54.0 Å². The summed E-state index contributed by atoms with van der Waals surface area (Å²) in [4.78, 5) is 18.1. The average Bonchev–Trinajstić information content (AvgIpc) is 3.17. The quantitative estimate of drug-likeness (QED) is 0.574. The molecule has 0 aromatic heterocycles. The van der Waals surface area contributed by atoms with Crippen LogP contribution in [0.1, 0.15) is 55.7 Å². The summed E-state index contributed by atoms with van der Waals surface area (Å²) in [6.45, 7) is 6.21. The van der Waals surface area contributed by atoms with Crippen LogP contribution in [0.25, 0.3) is 0 Å². The Morgan fingerprint density at radius 2 is 1.31 bits per heavy atom. The van der Waals surface area contributed by atoms with Gasteiger partial charge in [0.2, 0.25) is 5.91 Å². The fourth-order valence-corrected chi connectivity index (χ4v) is 5.37. The number of nitrogens with one attached hydrogen (secondary N) is 1. The Kier molecular flexibility index (Phi) is 9.43. The van der Waals surface area contributed by atoms with E-state index >= 15 is 0 Å². The third-order valence-corrected chi connectivity index (χ3v) is 7.49. The van der Waals surface area contributed by atoms with Gasteiger partial charge >= 0.3 is 0 Å². The number of carbonyl (C=O) groups is 1. The van der Waals surface area contributed by atoms with Crippen LogP contribution in [0.2, 0.25) is 0 Å². The highest BCUT2D eigenvalue weighted by Gasteiger charge is 2.24. The van der Waals surface area contributed by atoms with Gasteiger partial charge in [-0.3, -0.25) is 9.69 Å². The lowest BCUT2D eigenvalue weighted by molar-refractivity contribution is -0.123. The molecule has 0 radical (unpaired) electrons. The van der Waals surface area contributed by atoms with Gasteiger partial charge in [-0.2, -0.15) is 0 Å². The summed E-state index contributed by atoms with van der Waals surface area (Å²) < 4.78 is 10.6. The first kappa shape index (κ1) is 25.5. The van der Waals surface area contributed by atoms with Gasteiger partial charge in [0, 0.05) is 6.54 Å². The Morgan fingerprint density at radius 3 is 1.80 bits per heavy atom. The van der Waals surface area contributed by atoms with E-state index in [9.17, 15) is 4.79 Å². The molecule has 0 bridgehead atoms. The minimum absolute atomic E-state index is 0.0626. The molecule has 2 aromatic carbocycles. The fraction of sp³-hybridized carbons (Fsp3) is 0.552. The fourth-order valence-electron chi connectivity index (χ4n) is 5.37. The van der Waals surface area contributed by atoms with Crippen molar-refractivity contribution in [2.45, 2.75) is 44.6 Å². The minimum Gasteiger partial charge on any atom is -0.497 e. The van der Waals surface area contributed by atoms with Gasteiger partial charge in [-0.1, -0.05) is 37.1 Å². The van der Waals surface area contributed by atoms with Crippen molar-refractivity contribution in [1.82, 2.24) is 15.1 Å². The van der Waals surface area contributed by atoms with Crippen molar-refractivity contribution in [2.24, 2.45) is 5.92 Å². The van der Waals surface area contributed by atoms with E-state index in [4.69, 9.17) is 9.47 Å². The van der Waals surface area contributed by atoms with Gasteiger partial charge < -0.3 is 19.7 Å². The zero-order chi connectivity index (χ0) is 24.5. The smallest absolute Gasteiger partial charge is 0.234 e. The second-order valence-corrected chi connectivity index (χ2v) is 9.98. The van der Waals surface area contributed by atoms with E-state index in [0.29, 0.717) is 6.54 Å². The molecule has 0 atom stereocenters. The Balaban J connectivity index is 1.33. The number of carbonyl (C=O) groups excluding carboxylic acids is 1. The second-order valence-electron chi connectivity index (χ2n) is 9.98. The highest BCUT2D eigenvalue weighted by Crippen LogP contribution is 2.26. The number of benzene rings is 2. The molecule has 1 amide bonds. The molecule has 0 unspecified atom stereocenters. The number of nitrogens with zero attached hydrogens (tertiary/aromatic N) is 2. The predicted octanol–water partition coefficient (Wildman–Crippen LogP) is 4.50. The van der Waals surface area contributed by atoms with Crippen LogP contribution in [-0.2, 0) is 4.79 Å². The molecular formula is C29H41N3O3. The Morgan fingerprint density at radius 1 is 0.800 bits per heavy atom. The third kappa shape index (κ3) is 7.45. The Bertz CT molecular complexity index is 852. The molecule has 2 aliphatic heterocycles. The molecule has 6 nitrogen and oxygen atoms in total. The number of ether oxygens (including phenoxy) is 2. The van der Waals surface area contributed by atoms with E-state index in [-0.39, 0.29) is 11.9 Å². The number of hydrogen-bond donors (Lipinski definition) is 1. The summed E-state index contributed by atoms with van der Waals surface area (Å²) in [5.41, 5.74) is 2.06. The van der Waals surface area contributed by atoms with Gasteiger partial charge in [0.05, 0.1) is 26.8 Å². The normalized spacial score (nSPS) is 18.3. The van der Waals surface area contributed by atoms with Crippen LogP contribution in [0.4, 0.5) is 0 Å². The maximum atomic E-state index is 13.1. The maximum Gasteiger partial charge on any atom is 0.234 e. The standard InChI is InChI=1S/C29H41N3O3/c1-34-26-11-7-24(8-12-26)29(25-9-13-27(35-2)14-10-25)30-28(33)22-32-19-15-23(16-20-32)21-31-17-5-3-4-6-18-31/h7-14,23,29H,3-6,15-22H2,1-2H3,(H,30,33). The van der Waals surface area contributed by atoms with Crippen molar-refractivity contribution < 1.29 is 14.3 Å². The van der Waals surface area contributed by atoms with E-state index in [1.54, 1.807) is 14.2 Å². The zero-order valence-electron chi connectivity index (χ0n) is 21.4. The summed E-state index contributed by atoms with van der Waals surface area (Å²) >= 11 is 0. The lowest BCUT2D eigenvalue weighted by Gasteiger charge is -2.34. The van der Waals surface area contributed by atoms with Crippen LogP contribution in [0, 0.1) is 5.92 Å². The van der Waals surface area contributed by atoms with Crippen molar-refractivity contribution in [1.29, 1.82) is 0 Å². The van der Waals surface area contributed by atoms with Crippen LogP contribution in [0.3, 0.4) is 0 Å². The number of piperidine rings is 1. The van der Waals surface area contributed by atoms with Crippen molar-refractivity contribution in [2.75, 3.05) is 53.5 Å². The first-order valence-electron chi connectivity index (χ1n) is 13.2. The first-order valence-corrected chi connectivity index (χ1v) is 13.2. The molecule has 1 N–H and O–H groups in total. The number of amides is 1. The van der Waals surface area contributed by atoms with E-state index in [2.05, 4.69) is 15.1 Å². The highest BCUT2D eigenvalue weighted by atomic mass is 16.5. The molecule has 2 aliphatic rings. The van der Waals surface area contributed by atoms with E-state index in [0.717, 1.165) is 41.6 Å². The predicted molar refractivity (Wildman–Crippen MR) is 140 cm³/mol. The highest BCUT2D eigenvalue weighted by molar-refractivity contribution is 5.79. The van der Waals surface area contributed by atoms with Crippen LogP contribution in [0.5, 0.6) is 11.5 Å². The molecule has 6 heteroatoms. The van der Waals surface area contributed by atoms with Gasteiger partial charge in [-0.05, 0) is 93.2 Å². The monoisotopic (exact) mass is 479 g/mol. The van der Waals surface area contributed by atoms with Crippen LogP contribution >= 0.6 is 0 Å². The molecule has 35 heavy (non-hydrogen) atoms. The third-order valence-electron chi connectivity index (χ3n) is 7.49. The molecule has 0 aliphatic carbocycles. The summed E-state index contributed by atoms with van der Waals surface area (Å²) in [5, 5.41) is 3.29. The minimum atomic E-state index is -0.222. The van der Waals surface area contributed by atoms with Crippen LogP contribution in [0.15, 0.2) is 48.5 Å². The average molecular weight is 480 g/mol. The van der Waals surface area contributed by atoms with Crippen molar-refractivity contribution in [3.05, 3.63) is 59.7 Å². The van der Waals surface area contributed by atoms with E-state index in [1.165, 1.54) is 58.2 Å². The lowest BCUT2D eigenvalue weighted by atomic mass is 9.96. The summed E-state index contributed by atoms with van der Waals surface area (Å²) in [6.07, 6.45) is 7.84.